The zero-order valence-corrected chi connectivity index (χ0v) is 22.9. The molecular formula is C28H39N3O6. The number of rotatable bonds is 9. The molecule has 0 aromatic heterocycles. The highest BCUT2D eigenvalue weighted by atomic mass is 16.6. The molecule has 0 bridgehead atoms. The zero-order valence-electron chi connectivity index (χ0n) is 22.9. The number of ether oxygens (including phenoxy) is 2. The van der Waals surface area contributed by atoms with E-state index in [0.717, 1.165) is 11.1 Å². The van der Waals surface area contributed by atoms with Crippen LogP contribution in [0.15, 0.2) is 42.5 Å². The van der Waals surface area contributed by atoms with Crippen molar-refractivity contribution < 1.29 is 29.0 Å². The lowest BCUT2D eigenvalue weighted by Crippen LogP contribution is -2.55. The lowest BCUT2D eigenvalue weighted by Gasteiger charge is -2.37. The van der Waals surface area contributed by atoms with E-state index in [9.17, 15) is 19.5 Å². The summed E-state index contributed by atoms with van der Waals surface area (Å²) in [6.07, 6.45) is -0.839. The third kappa shape index (κ3) is 8.21. The third-order valence-corrected chi connectivity index (χ3v) is 5.71. The standard InChI is InChI=1S/C28H39N3O6/c1-17(2)31(26(34)23(16-32)30-27(35)37-28(5,6)7)24(20-10-9-18(3)19(4)15-20)25(33)29-21-11-13-22(36-8)14-12-21/h9-15,17,23-24,32H,16H2,1-8H3,(H,29,33)(H,30,35). The van der Waals surface area contributed by atoms with Crippen LogP contribution < -0.4 is 15.4 Å². The molecule has 0 aliphatic rings. The summed E-state index contributed by atoms with van der Waals surface area (Å²) in [4.78, 5) is 41.2. The maximum absolute atomic E-state index is 13.7. The number of nitrogens with one attached hydrogen (secondary N) is 2. The van der Waals surface area contributed by atoms with Gasteiger partial charge in [-0.25, -0.2) is 4.79 Å². The number of carbonyl (C=O) groups is 3. The molecule has 0 saturated heterocycles. The Labute approximate surface area is 219 Å². The van der Waals surface area contributed by atoms with E-state index in [-0.39, 0.29) is 0 Å². The Morgan fingerprint density at radius 2 is 1.62 bits per heavy atom. The quantitative estimate of drug-likeness (QED) is 0.465. The van der Waals surface area contributed by atoms with Crippen LogP contribution in [0, 0.1) is 13.8 Å². The summed E-state index contributed by atoms with van der Waals surface area (Å²) < 4.78 is 10.4. The number of aliphatic hydroxyl groups is 1. The van der Waals surface area contributed by atoms with Crippen LogP contribution in [0.2, 0.25) is 0 Å². The molecule has 0 heterocycles. The predicted molar refractivity (Wildman–Crippen MR) is 143 cm³/mol. The number of aryl methyl sites for hydroxylation is 2. The number of hydrogen-bond acceptors (Lipinski definition) is 6. The van der Waals surface area contributed by atoms with Gasteiger partial charge < -0.3 is 30.1 Å². The van der Waals surface area contributed by atoms with Gasteiger partial charge in [0.25, 0.3) is 5.91 Å². The van der Waals surface area contributed by atoms with Crippen molar-refractivity contribution in [2.45, 2.75) is 72.2 Å². The van der Waals surface area contributed by atoms with Crippen LogP contribution >= 0.6 is 0 Å². The van der Waals surface area contributed by atoms with Gasteiger partial charge in [0, 0.05) is 11.7 Å². The van der Waals surface area contributed by atoms with E-state index < -0.39 is 48.2 Å². The second kappa shape index (κ2) is 12.6. The first-order chi connectivity index (χ1) is 17.3. The van der Waals surface area contributed by atoms with E-state index in [1.54, 1.807) is 72.1 Å². The Kier molecular flexibility index (Phi) is 10.1. The SMILES string of the molecule is COc1ccc(NC(=O)C(c2ccc(C)c(C)c2)N(C(=O)C(CO)NC(=O)OC(C)(C)C)C(C)C)cc1. The van der Waals surface area contributed by atoms with E-state index in [2.05, 4.69) is 10.6 Å². The van der Waals surface area contributed by atoms with Gasteiger partial charge in [-0.3, -0.25) is 9.59 Å². The lowest BCUT2D eigenvalue weighted by molar-refractivity contribution is -0.143. The summed E-state index contributed by atoms with van der Waals surface area (Å²) in [6, 6.07) is 9.62. The minimum atomic E-state index is -1.31. The maximum atomic E-state index is 13.7. The lowest BCUT2D eigenvalue weighted by atomic mass is 9.97. The molecule has 3 amide bonds. The first-order valence-electron chi connectivity index (χ1n) is 12.2. The number of anilines is 1. The fourth-order valence-corrected chi connectivity index (χ4v) is 3.75. The monoisotopic (exact) mass is 513 g/mol. The van der Waals surface area contributed by atoms with E-state index in [1.807, 2.05) is 26.0 Å². The predicted octanol–water partition coefficient (Wildman–Crippen LogP) is 4.11. The summed E-state index contributed by atoms with van der Waals surface area (Å²) in [5.74, 6) is -0.414. The van der Waals surface area contributed by atoms with Crippen molar-refractivity contribution in [3.8, 4) is 5.75 Å². The van der Waals surface area contributed by atoms with Gasteiger partial charge in [0.2, 0.25) is 5.91 Å². The molecule has 0 aliphatic carbocycles. The Morgan fingerprint density at radius 1 is 1.00 bits per heavy atom. The number of amides is 3. The van der Waals surface area contributed by atoms with E-state index in [4.69, 9.17) is 9.47 Å². The Morgan fingerprint density at radius 3 is 2.11 bits per heavy atom. The summed E-state index contributed by atoms with van der Waals surface area (Å²) in [6.45, 7) is 11.9. The van der Waals surface area contributed by atoms with Gasteiger partial charge in [0.15, 0.2) is 0 Å². The number of methoxy groups -OCH3 is 1. The summed E-state index contributed by atoms with van der Waals surface area (Å²) >= 11 is 0. The van der Waals surface area contributed by atoms with Crippen LogP contribution in [0.5, 0.6) is 5.75 Å². The molecule has 2 aromatic carbocycles. The highest BCUT2D eigenvalue weighted by Crippen LogP contribution is 2.28. The van der Waals surface area contributed by atoms with Gasteiger partial charge in [-0.15, -0.1) is 0 Å². The molecule has 3 N–H and O–H groups in total. The van der Waals surface area contributed by atoms with Crippen LogP contribution in [0.4, 0.5) is 10.5 Å². The van der Waals surface area contributed by atoms with Gasteiger partial charge in [0.05, 0.1) is 13.7 Å². The molecule has 9 heteroatoms. The van der Waals surface area contributed by atoms with Crippen LogP contribution in [0.25, 0.3) is 0 Å². The molecule has 9 nitrogen and oxygen atoms in total. The van der Waals surface area contributed by atoms with Crippen LogP contribution in [0.1, 0.15) is 57.4 Å². The molecule has 37 heavy (non-hydrogen) atoms. The molecular weight excluding hydrogens is 474 g/mol. The largest absolute Gasteiger partial charge is 0.497 e. The normalized spacial score (nSPS) is 12.9. The van der Waals surface area contributed by atoms with E-state index in [1.165, 1.54) is 4.90 Å². The fourth-order valence-electron chi connectivity index (χ4n) is 3.75. The number of nitrogens with zero attached hydrogens (tertiary/aromatic N) is 1. The third-order valence-electron chi connectivity index (χ3n) is 5.71. The Hall–Kier alpha value is -3.59. The van der Waals surface area contributed by atoms with Crippen molar-refractivity contribution in [2.24, 2.45) is 0 Å². The van der Waals surface area contributed by atoms with Gasteiger partial charge in [-0.05, 0) is 89.4 Å². The Balaban J connectivity index is 2.48. The summed E-state index contributed by atoms with van der Waals surface area (Å²) in [5, 5.41) is 15.3. The maximum Gasteiger partial charge on any atom is 0.408 e. The first kappa shape index (κ1) is 29.6. The van der Waals surface area contributed by atoms with Gasteiger partial charge in [-0.1, -0.05) is 18.2 Å². The van der Waals surface area contributed by atoms with Crippen molar-refractivity contribution >= 4 is 23.6 Å². The second-order valence-corrected chi connectivity index (χ2v) is 10.2. The molecule has 2 atom stereocenters. The molecule has 2 aromatic rings. The summed E-state index contributed by atoms with van der Waals surface area (Å²) in [7, 11) is 1.55. The number of hydrogen-bond donors (Lipinski definition) is 3. The molecule has 2 rings (SSSR count). The smallest absolute Gasteiger partial charge is 0.408 e. The van der Waals surface area contributed by atoms with Crippen molar-refractivity contribution in [1.29, 1.82) is 0 Å². The van der Waals surface area contributed by atoms with Crippen LogP contribution in [-0.2, 0) is 14.3 Å². The Bertz CT molecular complexity index is 1090. The van der Waals surface area contributed by atoms with Crippen molar-refractivity contribution in [1.82, 2.24) is 10.2 Å². The van der Waals surface area contributed by atoms with Crippen LogP contribution in [0.3, 0.4) is 0 Å². The zero-order chi connectivity index (χ0) is 27.9. The van der Waals surface area contributed by atoms with E-state index in [0.29, 0.717) is 17.0 Å². The highest BCUT2D eigenvalue weighted by molar-refractivity contribution is 5.99. The molecule has 0 saturated carbocycles. The minimum Gasteiger partial charge on any atom is -0.497 e. The van der Waals surface area contributed by atoms with Crippen molar-refractivity contribution in [3.63, 3.8) is 0 Å². The number of aliphatic hydroxyl groups excluding tert-OH is 1. The number of alkyl carbamates (subject to hydrolysis) is 1. The fraction of sp³-hybridized carbons (Fsp3) is 0.464. The average Bonchev–Trinajstić information content (AvgIpc) is 2.81. The topological polar surface area (TPSA) is 117 Å². The molecule has 202 valence electrons. The number of carbonyl (C=O) groups excluding carboxylic acids is 3. The molecule has 0 fully saturated rings. The summed E-state index contributed by atoms with van der Waals surface area (Å²) in [5.41, 5.74) is 2.35. The van der Waals surface area contributed by atoms with Gasteiger partial charge in [-0.2, -0.15) is 0 Å². The highest BCUT2D eigenvalue weighted by Gasteiger charge is 2.37. The molecule has 2 unspecified atom stereocenters. The van der Waals surface area contributed by atoms with Gasteiger partial charge in [0.1, 0.15) is 23.4 Å². The minimum absolute atomic E-state index is 0.440. The van der Waals surface area contributed by atoms with Crippen molar-refractivity contribution in [3.05, 3.63) is 59.2 Å². The van der Waals surface area contributed by atoms with Crippen molar-refractivity contribution in [2.75, 3.05) is 19.0 Å². The van der Waals surface area contributed by atoms with E-state index >= 15 is 0 Å². The van der Waals surface area contributed by atoms with Gasteiger partial charge >= 0.3 is 6.09 Å². The second-order valence-electron chi connectivity index (χ2n) is 10.2. The average molecular weight is 514 g/mol. The first-order valence-corrected chi connectivity index (χ1v) is 12.2. The molecule has 0 radical (unpaired) electrons. The van der Waals surface area contributed by atoms with Crippen LogP contribution in [-0.4, -0.2) is 59.3 Å². The number of benzene rings is 2. The molecule has 0 aliphatic heterocycles. The molecule has 0 spiro atoms.